The summed E-state index contributed by atoms with van der Waals surface area (Å²) in [7, 11) is 0. The van der Waals surface area contributed by atoms with Gasteiger partial charge in [-0.25, -0.2) is 0 Å². The zero-order chi connectivity index (χ0) is 19.0. The molecule has 3 aromatic heterocycles. The smallest absolute Gasteiger partial charge is 0.258 e. The van der Waals surface area contributed by atoms with Gasteiger partial charge in [-0.05, 0) is 30.7 Å². The van der Waals surface area contributed by atoms with E-state index in [2.05, 4.69) is 21.1 Å². The number of H-pyrrole nitrogens is 1. The van der Waals surface area contributed by atoms with Gasteiger partial charge in [0.2, 0.25) is 5.88 Å². The molecule has 0 bridgehead atoms. The van der Waals surface area contributed by atoms with Crippen molar-refractivity contribution in [1.82, 2.24) is 19.6 Å². The van der Waals surface area contributed by atoms with Gasteiger partial charge >= 0.3 is 0 Å². The fourth-order valence-electron chi connectivity index (χ4n) is 3.13. The van der Waals surface area contributed by atoms with E-state index < -0.39 is 0 Å². The van der Waals surface area contributed by atoms with E-state index in [9.17, 15) is 9.90 Å². The number of aromatic hydroxyl groups is 1. The van der Waals surface area contributed by atoms with Crippen LogP contribution < -0.4 is 5.56 Å². The molecule has 0 aliphatic carbocycles. The number of aromatic nitrogens is 4. The zero-order valence-electron chi connectivity index (χ0n) is 14.5. The maximum absolute atomic E-state index is 12.6. The Morgan fingerprint density at radius 3 is 2.70 bits per heavy atom. The molecule has 3 heterocycles. The van der Waals surface area contributed by atoms with Crippen LogP contribution in [-0.2, 0) is 6.42 Å². The standard InChI is InChI=1S/C20H15N5O2/c1-12-17(15-3-2-8-22-11-15)18-23-19(26)16(20(27)25(18)24-12)9-13-4-6-14(10-21)7-5-13/h2-8,11,27H,9H2,1H3,(H,23,26). The molecule has 0 aliphatic rings. The minimum absolute atomic E-state index is 0.198. The van der Waals surface area contributed by atoms with Crippen molar-refractivity contribution < 1.29 is 5.11 Å². The number of aromatic amines is 1. The van der Waals surface area contributed by atoms with Crippen LogP contribution in [0, 0.1) is 18.3 Å². The molecule has 0 saturated carbocycles. The summed E-state index contributed by atoms with van der Waals surface area (Å²) >= 11 is 0. The van der Waals surface area contributed by atoms with Crippen LogP contribution in [0.15, 0.2) is 53.6 Å². The lowest BCUT2D eigenvalue weighted by Gasteiger charge is -2.07. The maximum Gasteiger partial charge on any atom is 0.258 e. The van der Waals surface area contributed by atoms with Crippen molar-refractivity contribution in [2.45, 2.75) is 13.3 Å². The third-order valence-corrected chi connectivity index (χ3v) is 4.45. The average molecular weight is 357 g/mol. The normalized spacial score (nSPS) is 10.8. The minimum atomic E-state index is -0.380. The SMILES string of the molecule is Cc1nn2c(O)c(Cc3ccc(C#N)cc3)c(=O)[nH]c2c1-c1cccnc1. The van der Waals surface area contributed by atoms with Crippen molar-refractivity contribution in [3.05, 3.63) is 81.5 Å². The van der Waals surface area contributed by atoms with E-state index in [-0.39, 0.29) is 23.4 Å². The minimum Gasteiger partial charge on any atom is -0.493 e. The fourth-order valence-corrected chi connectivity index (χ4v) is 3.13. The molecule has 7 nitrogen and oxygen atoms in total. The first-order valence-electron chi connectivity index (χ1n) is 8.31. The summed E-state index contributed by atoms with van der Waals surface area (Å²) in [6.07, 6.45) is 3.58. The van der Waals surface area contributed by atoms with Gasteiger partial charge in [0.15, 0.2) is 0 Å². The Morgan fingerprint density at radius 1 is 1.26 bits per heavy atom. The molecule has 0 aliphatic heterocycles. The molecule has 132 valence electrons. The van der Waals surface area contributed by atoms with E-state index in [1.54, 1.807) is 42.7 Å². The van der Waals surface area contributed by atoms with Gasteiger partial charge in [0.25, 0.3) is 5.56 Å². The number of aryl methyl sites for hydroxylation is 1. The van der Waals surface area contributed by atoms with Crippen LogP contribution in [0.5, 0.6) is 5.88 Å². The number of hydrogen-bond acceptors (Lipinski definition) is 5. The van der Waals surface area contributed by atoms with Gasteiger partial charge in [0.05, 0.1) is 22.9 Å². The maximum atomic E-state index is 12.6. The monoisotopic (exact) mass is 357 g/mol. The Bertz CT molecular complexity index is 1230. The number of pyridine rings is 1. The Balaban J connectivity index is 1.85. The molecular formula is C20H15N5O2. The Hall–Kier alpha value is -3.92. The Kier molecular flexibility index (Phi) is 3.94. The Labute approximate surface area is 154 Å². The molecule has 2 N–H and O–H groups in total. The van der Waals surface area contributed by atoms with Crippen molar-refractivity contribution >= 4 is 5.65 Å². The molecule has 0 saturated heterocycles. The van der Waals surface area contributed by atoms with E-state index >= 15 is 0 Å². The van der Waals surface area contributed by atoms with Crippen LogP contribution >= 0.6 is 0 Å². The highest BCUT2D eigenvalue weighted by Gasteiger charge is 2.19. The van der Waals surface area contributed by atoms with Gasteiger partial charge < -0.3 is 10.1 Å². The number of nitrogens with zero attached hydrogens (tertiary/aromatic N) is 4. The summed E-state index contributed by atoms with van der Waals surface area (Å²) in [6, 6.07) is 12.6. The van der Waals surface area contributed by atoms with Gasteiger partial charge in [0.1, 0.15) is 5.65 Å². The van der Waals surface area contributed by atoms with E-state index in [0.717, 1.165) is 16.7 Å². The topological polar surface area (TPSA) is 107 Å². The van der Waals surface area contributed by atoms with E-state index in [4.69, 9.17) is 5.26 Å². The summed E-state index contributed by atoms with van der Waals surface area (Å²) < 4.78 is 1.35. The third kappa shape index (κ3) is 2.83. The molecule has 0 unspecified atom stereocenters. The van der Waals surface area contributed by atoms with Crippen LogP contribution in [-0.4, -0.2) is 24.7 Å². The summed E-state index contributed by atoms with van der Waals surface area (Å²) in [4.78, 5) is 19.6. The lowest BCUT2D eigenvalue weighted by atomic mass is 10.1. The van der Waals surface area contributed by atoms with Gasteiger partial charge in [-0.1, -0.05) is 18.2 Å². The molecule has 4 aromatic rings. The van der Waals surface area contributed by atoms with Crippen molar-refractivity contribution in [2.24, 2.45) is 0 Å². The van der Waals surface area contributed by atoms with Crippen molar-refractivity contribution in [3.63, 3.8) is 0 Å². The van der Waals surface area contributed by atoms with Crippen molar-refractivity contribution in [3.8, 4) is 23.1 Å². The highest BCUT2D eigenvalue weighted by molar-refractivity contribution is 5.79. The van der Waals surface area contributed by atoms with Crippen LogP contribution in [0.3, 0.4) is 0 Å². The number of rotatable bonds is 3. The van der Waals surface area contributed by atoms with Crippen LogP contribution in [0.1, 0.15) is 22.4 Å². The fraction of sp³-hybridized carbons (Fsp3) is 0.100. The van der Waals surface area contributed by atoms with Gasteiger partial charge in [-0.3, -0.25) is 9.78 Å². The number of hydrogen-bond donors (Lipinski definition) is 2. The van der Waals surface area contributed by atoms with Crippen LogP contribution in [0.4, 0.5) is 0 Å². The summed E-state index contributed by atoms with van der Waals surface area (Å²) in [5, 5.41) is 24.0. The highest BCUT2D eigenvalue weighted by atomic mass is 16.3. The first kappa shape index (κ1) is 16.5. The molecule has 27 heavy (non-hydrogen) atoms. The molecule has 1 aromatic carbocycles. The molecule has 0 fully saturated rings. The summed E-state index contributed by atoms with van der Waals surface area (Å²) in [5.74, 6) is -0.198. The average Bonchev–Trinajstić information content (AvgIpc) is 3.02. The van der Waals surface area contributed by atoms with E-state index in [1.807, 2.05) is 13.0 Å². The highest BCUT2D eigenvalue weighted by Crippen LogP contribution is 2.29. The first-order chi connectivity index (χ1) is 13.1. The molecule has 0 radical (unpaired) electrons. The van der Waals surface area contributed by atoms with E-state index in [1.165, 1.54) is 4.52 Å². The Morgan fingerprint density at radius 2 is 2.04 bits per heavy atom. The second-order valence-electron chi connectivity index (χ2n) is 6.20. The zero-order valence-corrected chi connectivity index (χ0v) is 14.5. The lowest BCUT2D eigenvalue weighted by Crippen LogP contribution is -2.16. The quantitative estimate of drug-likeness (QED) is 0.586. The van der Waals surface area contributed by atoms with Crippen LogP contribution in [0.2, 0.25) is 0 Å². The number of nitriles is 1. The molecule has 7 heteroatoms. The molecule has 4 rings (SSSR count). The third-order valence-electron chi connectivity index (χ3n) is 4.45. The predicted molar refractivity (Wildman–Crippen MR) is 99.4 cm³/mol. The van der Waals surface area contributed by atoms with E-state index in [0.29, 0.717) is 16.9 Å². The molecule has 0 atom stereocenters. The number of fused-ring (bicyclic) bond motifs is 1. The molecule has 0 spiro atoms. The molecule has 0 amide bonds. The number of nitrogens with one attached hydrogen (secondary N) is 1. The largest absolute Gasteiger partial charge is 0.493 e. The second kappa shape index (κ2) is 6.42. The van der Waals surface area contributed by atoms with Gasteiger partial charge in [0, 0.05) is 29.9 Å². The lowest BCUT2D eigenvalue weighted by molar-refractivity contribution is 0.427. The summed E-state index contributed by atoms with van der Waals surface area (Å²) in [5.41, 5.74) is 3.81. The first-order valence-corrected chi connectivity index (χ1v) is 8.31. The van der Waals surface area contributed by atoms with Gasteiger partial charge in [-0.2, -0.15) is 14.9 Å². The molecular weight excluding hydrogens is 342 g/mol. The summed E-state index contributed by atoms with van der Waals surface area (Å²) in [6.45, 7) is 1.81. The number of benzene rings is 1. The van der Waals surface area contributed by atoms with Crippen molar-refractivity contribution in [2.75, 3.05) is 0 Å². The van der Waals surface area contributed by atoms with Crippen molar-refractivity contribution in [1.29, 1.82) is 5.26 Å². The second-order valence-corrected chi connectivity index (χ2v) is 6.20. The predicted octanol–water partition coefficient (Wildman–Crippen LogP) is 2.56. The van der Waals surface area contributed by atoms with Gasteiger partial charge in [-0.15, -0.1) is 0 Å². The van der Waals surface area contributed by atoms with Crippen LogP contribution in [0.25, 0.3) is 16.8 Å².